The average molecular weight is 409 g/mol. The number of aryl methyl sites for hydroxylation is 1. The van der Waals surface area contributed by atoms with Gasteiger partial charge >= 0.3 is 0 Å². The minimum Gasteiger partial charge on any atom is -0.494 e. The first-order valence-electron chi connectivity index (χ1n) is 9.55. The smallest absolute Gasteiger partial charge is 0.169 e. The summed E-state index contributed by atoms with van der Waals surface area (Å²) in [5.74, 6) is 1.41. The van der Waals surface area contributed by atoms with Crippen LogP contribution >= 0.6 is 11.6 Å². The van der Waals surface area contributed by atoms with Crippen molar-refractivity contribution in [1.82, 2.24) is 5.16 Å². The molecule has 2 aromatic carbocycles. The number of benzene rings is 2. The van der Waals surface area contributed by atoms with Crippen molar-refractivity contribution in [3.8, 4) is 16.9 Å². The Morgan fingerprint density at radius 1 is 1.17 bits per heavy atom. The fraction of sp³-hybridized carbons (Fsp3) is 0.261. The Hall–Kier alpha value is -2.92. The number of aromatic nitrogens is 1. The molecular weight excluding hydrogens is 388 g/mol. The molecular formula is C23H21ClN2O3. The fourth-order valence-electron chi connectivity index (χ4n) is 3.67. The Morgan fingerprint density at radius 2 is 1.93 bits per heavy atom. The van der Waals surface area contributed by atoms with Crippen LogP contribution in [0.15, 0.2) is 52.0 Å². The summed E-state index contributed by atoms with van der Waals surface area (Å²) in [6, 6.07) is 13.0. The van der Waals surface area contributed by atoms with Crippen LogP contribution in [0, 0.1) is 6.92 Å². The molecule has 29 heavy (non-hydrogen) atoms. The molecule has 148 valence electrons. The predicted molar refractivity (Wildman–Crippen MR) is 113 cm³/mol. The Kier molecular flexibility index (Phi) is 5.24. The third-order valence-corrected chi connectivity index (χ3v) is 5.15. The van der Waals surface area contributed by atoms with Gasteiger partial charge in [-0.25, -0.2) is 0 Å². The van der Waals surface area contributed by atoms with E-state index in [9.17, 15) is 4.79 Å². The van der Waals surface area contributed by atoms with Crippen LogP contribution in [0.4, 0.5) is 0 Å². The van der Waals surface area contributed by atoms with Gasteiger partial charge in [0.1, 0.15) is 17.6 Å². The molecule has 1 aliphatic rings. The van der Waals surface area contributed by atoms with E-state index in [1.165, 1.54) is 0 Å². The van der Waals surface area contributed by atoms with Crippen molar-refractivity contribution in [1.29, 1.82) is 0 Å². The molecule has 1 aliphatic heterocycles. The van der Waals surface area contributed by atoms with E-state index in [4.69, 9.17) is 25.9 Å². The van der Waals surface area contributed by atoms with Crippen molar-refractivity contribution in [2.24, 2.45) is 4.99 Å². The predicted octanol–water partition coefficient (Wildman–Crippen LogP) is 5.57. The van der Waals surface area contributed by atoms with Crippen LogP contribution in [-0.4, -0.2) is 23.3 Å². The molecule has 0 saturated carbocycles. The van der Waals surface area contributed by atoms with Crippen LogP contribution in [0.1, 0.15) is 48.9 Å². The highest BCUT2D eigenvalue weighted by Gasteiger charge is 2.31. The van der Waals surface area contributed by atoms with Gasteiger partial charge in [-0.05, 0) is 56.7 Å². The average Bonchev–Trinajstić information content (AvgIpc) is 3.01. The number of fused-ring (bicyclic) bond motifs is 3. The minimum absolute atomic E-state index is 0.0372. The largest absolute Gasteiger partial charge is 0.494 e. The van der Waals surface area contributed by atoms with Crippen LogP contribution < -0.4 is 4.74 Å². The first-order chi connectivity index (χ1) is 14.0. The summed E-state index contributed by atoms with van der Waals surface area (Å²) in [6.07, 6.45) is 0.241. The van der Waals surface area contributed by atoms with Crippen LogP contribution in [0.5, 0.6) is 5.75 Å². The van der Waals surface area contributed by atoms with E-state index < -0.39 is 6.04 Å². The maximum absolute atomic E-state index is 12.0. The summed E-state index contributed by atoms with van der Waals surface area (Å²) in [5.41, 5.74) is 5.22. The highest BCUT2D eigenvalue weighted by atomic mass is 35.5. The normalized spacial score (nSPS) is 15.2. The first-order valence-corrected chi connectivity index (χ1v) is 9.92. The Morgan fingerprint density at radius 3 is 2.62 bits per heavy atom. The summed E-state index contributed by atoms with van der Waals surface area (Å²) in [7, 11) is 0. The molecule has 5 nitrogen and oxygen atoms in total. The summed E-state index contributed by atoms with van der Waals surface area (Å²) in [5, 5.41) is 4.81. The second kappa shape index (κ2) is 7.84. The monoisotopic (exact) mass is 408 g/mol. The van der Waals surface area contributed by atoms with Gasteiger partial charge in [-0.1, -0.05) is 28.9 Å². The molecule has 0 bridgehead atoms. The molecule has 0 fully saturated rings. The SMILES string of the molecule is CCOc1ccc2c(c1)C(c1ccc(Cl)cc1)=N[C@@H](CC(C)=O)c1onc(C)c1-2. The molecule has 4 rings (SSSR count). The summed E-state index contributed by atoms with van der Waals surface area (Å²) >= 11 is 6.10. The van der Waals surface area contributed by atoms with E-state index >= 15 is 0 Å². The summed E-state index contributed by atoms with van der Waals surface area (Å²) in [4.78, 5) is 16.9. The Balaban J connectivity index is 2.00. The van der Waals surface area contributed by atoms with E-state index in [2.05, 4.69) is 5.16 Å². The lowest BCUT2D eigenvalue weighted by Gasteiger charge is -2.13. The number of Topliss-reactive ketones (excluding diaryl/α,β-unsaturated/α-hetero) is 1. The number of carbonyl (C=O) groups excluding carboxylic acids is 1. The minimum atomic E-state index is -0.447. The fourth-order valence-corrected chi connectivity index (χ4v) is 3.79. The van der Waals surface area contributed by atoms with E-state index in [-0.39, 0.29) is 12.2 Å². The van der Waals surface area contributed by atoms with Crippen molar-refractivity contribution < 1.29 is 14.1 Å². The van der Waals surface area contributed by atoms with Gasteiger partial charge in [0.15, 0.2) is 5.76 Å². The summed E-state index contributed by atoms with van der Waals surface area (Å²) < 4.78 is 11.4. The zero-order valence-electron chi connectivity index (χ0n) is 16.5. The molecule has 0 radical (unpaired) electrons. The summed E-state index contributed by atoms with van der Waals surface area (Å²) in [6.45, 7) is 5.98. The van der Waals surface area contributed by atoms with E-state index in [0.717, 1.165) is 39.4 Å². The quantitative estimate of drug-likeness (QED) is 0.553. The molecule has 0 spiro atoms. The number of carbonyl (C=O) groups is 1. The van der Waals surface area contributed by atoms with Gasteiger partial charge < -0.3 is 9.26 Å². The lowest BCUT2D eigenvalue weighted by Crippen LogP contribution is -2.08. The molecule has 1 atom stereocenters. The van der Waals surface area contributed by atoms with E-state index in [0.29, 0.717) is 17.4 Å². The van der Waals surface area contributed by atoms with Gasteiger partial charge in [0, 0.05) is 22.6 Å². The third-order valence-electron chi connectivity index (χ3n) is 4.90. The number of halogens is 1. The van der Waals surface area contributed by atoms with Gasteiger partial charge in [0.25, 0.3) is 0 Å². The van der Waals surface area contributed by atoms with Crippen molar-refractivity contribution in [3.63, 3.8) is 0 Å². The topological polar surface area (TPSA) is 64.7 Å². The second-order valence-corrected chi connectivity index (χ2v) is 7.49. The molecule has 0 N–H and O–H groups in total. The number of ether oxygens (including phenoxy) is 1. The molecule has 1 aromatic heterocycles. The molecule has 0 saturated heterocycles. The van der Waals surface area contributed by atoms with Crippen LogP contribution in [0.2, 0.25) is 5.02 Å². The first kappa shape index (κ1) is 19.4. The highest BCUT2D eigenvalue weighted by molar-refractivity contribution is 6.30. The number of aliphatic imine (C=N–C) groups is 1. The zero-order chi connectivity index (χ0) is 20.5. The van der Waals surface area contributed by atoms with Gasteiger partial charge in [-0.3, -0.25) is 9.79 Å². The number of ketones is 1. The van der Waals surface area contributed by atoms with Crippen LogP contribution in [-0.2, 0) is 4.79 Å². The number of rotatable bonds is 5. The zero-order valence-corrected chi connectivity index (χ0v) is 17.3. The third kappa shape index (κ3) is 3.70. The molecule has 3 aromatic rings. The Labute approximate surface area is 174 Å². The molecule has 0 aliphatic carbocycles. The number of nitrogens with zero attached hydrogens (tertiary/aromatic N) is 2. The molecule has 0 amide bonds. The van der Waals surface area contributed by atoms with E-state index in [1.807, 2.05) is 56.3 Å². The van der Waals surface area contributed by atoms with Gasteiger partial charge in [0.05, 0.1) is 23.6 Å². The Bertz CT molecular complexity index is 1100. The maximum atomic E-state index is 12.0. The molecule has 0 unspecified atom stereocenters. The number of hydrogen-bond acceptors (Lipinski definition) is 5. The van der Waals surface area contributed by atoms with Crippen LogP contribution in [0.25, 0.3) is 11.1 Å². The lowest BCUT2D eigenvalue weighted by molar-refractivity contribution is -0.117. The van der Waals surface area contributed by atoms with Crippen molar-refractivity contribution in [2.75, 3.05) is 6.61 Å². The highest BCUT2D eigenvalue weighted by Crippen LogP contribution is 2.42. The van der Waals surface area contributed by atoms with Crippen molar-refractivity contribution in [2.45, 2.75) is 33.2 Å². The van der Waals surface area contributed by atoms with Gasteiger partial charge in [-0.2, -0.15) is 0 Å². The van der Waals surface area contributed by atoms with Gasteiger partial charge in [0.2, 0.25) is 0 Å². The second-order valence-electron chi connectivity index (χ2n) is 7.05. The van der Waals surface area contributed by atoms with Crippen LogP contribution in [0.3, 0.4) is 0 Å². The van der Waals surface area contributed by atoms with Gasteiger partial charge in [-0.15, -0.1) is 0 Å². The van der Waals surface area contributed by atoms with Crippen molar-refractivity contribution >= 4 is 23.1 Å². The molecule has 6 heteroatoms. The standard InChI is InChI=1S/C23H21ClN2O3/c1-4-28-17-9-10-18-19(12-17)22(15-5-7-16(24)8-6-15)25-20(11-13(2)27)23-21(18)14(3)26-29-23/h5-10,12,20H,4,11H2,1-3H3/t20-/m0/s1. The molecule has 2 heterocycles. The number of hydrogen-bond donors (Lipinski definition) is 0. The lowest BCUT2D eigenvalue weighted by atomic mass is 9.92. The van der Waals surface area contributed by atoms with Crippen molar-refractivity contribution in [3.05, 3.63) is 70.1 Å². The maximum Gasteiger partial charge on any atom is 0.169 e. The van der Waals surface area contributed by atoms with E-state index in [1.54, 1.807) is 6.92 Å².